The van der Waals surface area contributed by atoms with Crippen LogP contribution in [0.5, 0.6) is 0 Å². The van der Waals surface area contributed by atoms with Gasteiger partial charge >= 0.3 is 0 Å². The van der Waals surface area contributed by atoms with Crippen LogP contribution in [0.1, 0.15) is 19.8 Å². The van der Waals surface area contributed by atoms with Gasteiger partial charge in [-0.1, -0.05) is 0 Å². The highest BCUT2D eigenvalue weighted by Gasteiger charge is 2.27. The highest BCUT2D eigenvalue weighted by atomic mass is 16.2. The summed E-state index contributed by atoms with van der Waals surface area (Å²) in [6, 6.07) is 0. The SMILES string of the molecule is C[C@]1(N)CCC(=O)N1. The molecule has 0 bridgehead atoms. The molecule has 1 fully saturated rings. The quantitative estimate of drug-likeness (QED) is 0.449. The van der Waals surface area contributed by atoms with Gasteiger partial charge in [0, 0.05) is 6.42 Å². The van der Waals surface area contributed by atoms with E-state index < -0.39 is 5.66 Å². The van der Waals surface area contributed by atoms with Crippen molar-refractivity contribution in [3.05, 3.63) is 0 Å². The molecular formula is C5H10N2O. The molecule has 1 rings (SSSR count). The first-order chi connectivity index (χ1) is 3.60. The van der Waals surface area contributed by atoms with Crippen molar-refractivity contribution in [1.82, 2.24) is 5.32 Å². The summed E-state index contributed by atoms with van der Waals surface area (Å²) in [7, 11) is 0. The second kappa shape index (κ2) is 1.45. The highest BCUT2D eigenvalue weighted by molar-refractivity contribution is 5.79. The number of hydrogen-bond donors (Lipinski definition) is 2. The molecule has 1 heterocycles. The van der Waals surface area contributed by atoms with Crippen LogP contribution in [0.4, 0.5) is 0 Å². The predicted molar refractivity (Wildman–Crippen MR) is 30.0 cm³/mol. The molecule has 0 aliphatic carbocycles. The fraction of sp³-hybridized carbons (Fsp3) is 0.800. The fourth-order valence-electron chi connectivity index (χ4n) is 0.817. The number of nitrogens with two attached hydrogens (primary N) is 1. The summed E-state index contributed by atoms with van der Waals surface area (Å²) in [5.74, 6) is 0.0648. The van der Waals surface area contributed by atoms with Gasteiger partial charge in [-0.2, -0.15) is 0 Å². The average Bonchev–Trinajstić information content (AvgIpc) is 1.82. The zero-order valence-electron chi connectivity index (χ0n) is 4.90. The van der Waals surface area contributed by atoms with Crippen LogP contribution < -0.4 is 11.1 Å². The van der Waals surface area contributed by atoms with E-state index in [0.29, 0.717) is 6.42 Å². The Morgan fingerprint density at radius 1 is 1.88 bits per heavy atom. The van der Waals surface area contributed by atoms with Crippen LogP contribution in [-0.2, 0) is 4.79 Å². The lowest BCUT2D eigenvalue weighted by Crippen LogP contribution is -2.46. The van der Waals surface area contributed by atoms with Gasteiger partial charge in [-0.25, -0.2) is 0 Å². The Balaban J connectivity index is 2.56. The Morgan fingerprint density at radius 3 is 2.62 bits per heavy atom. The molecule has 1 atom stereocenters. The maximum Gasteiger partial charge on any atom is 0.221 e. The number of nitrogens with one attached hydrogen (secondary N) is 1. The molecule has 3 nitrogen and oxygen atoms in total. The average molecular weight is 114 g/mol. The topological polar surface area (TPSA) is 55.1 Å². The molecule has 1 amide bonds. The zero-order chi connectivity index (χ0) is 6.20. The van der Waals surface area contributed by atoms with E-state index in [1.807, 2.05) is 6.92 Å². The largest absolute Gasteiger partial charge is 0.339 e. The number of carbonyl (C=O) groups excluding carboxylic acids is 1. The van der Waals surface area contributed by atoms with Gasteiger partial charge < -0.3 is 11.1 Å². The van der Waals surface area contributed by atoms with Gasteiger partial charge in [-0.15, -0.1) is 0 Å². The van der Waals surface area contributed by atoms with Crippen LogP contribution in [0.3, 0.4) is 0 Å². The third-order valence-electron chi connectivity index (χ3n) is 1.30. The Kier molecular flexibility index (Phi) is 1.01. The molecule has 46 valence electrons. The van der Waals surface area contributed by atoms with Crippen molar-refractivity contribution in [2.24, 2.45) is 5.73 Å². The molecule has 0 aromatic carbocycles. The Bertz CT molecular complexity index is 120. The van der Waals surface area contributed by atoms with Crippen molar-refractivity contribution in [2.75, 3.05) is 0 Å². The van der Waals surface area contributed by atoms with E-state index in [9.17, 15) is 4.79 Å². The molecule has 0 spiro atoms. The van der Waals surface area contributed by atoms with Gasteiger partial charge in [-0.3, -0.25) is 4.79 Å². The Hall–Kier alpha value is -0.570. The zero-order valence-corrected chi connectivity index (χ0v) is 4.90. The maximum absolute atomic E-state index is 10.5. The summed E-state index contributed by atoms with van der Waals surface area (Å²) in [5.41, 5.74) is 5.10. The molecule has 0 aromatic heterocycles. The van der Waals surface area contributed by atoms with Crippen molar-refractivity contribution < 1.29 is 4.79 Å². The van der Waals surface area contributed by atoms with Gasteiger partial charge in [0.25, 0.3) is 0 Å². The number of rotatable bonds is 0. The predicted octanol–water partition coefficient (Wildman–Crippen LogP) is -0.429. The summed E-state index contributed by atoms with van der Waals surface area (Å²) in [6.07, 6.45) is 1.33. The summed E-state index contributed by atoms with van der Waals surface area (Å²) < 4.78 is 0. The molecule has 1 aliphatic rings. The molecule has 3 heteroatoms. The first-order valence-electron chi connectivity index (χ1n) is 2.70. The van der Waals surface area contributed by atoms with Gasteiger partial charge in [0.05, 0.1) is 5.66 Å². The monoisotopic (exact) mass is 114 g/mol. The second-order valence-electron chi connectivity index (χ2n) is 2.47. The highest BCUT2D eigenvalue weighted by Crippen LogP contribution is 2.11. The van der Waals surface area contributed by atoms with Gasteiger partial charge in [-0.05, 0) is 13.3 Å². The molecule has 1 aliphatic heterocycles. The number of carbonyl (C=O) groups is 1. The molecule has 0 saturated carbocycles. The van der Waals surface area contributed by atoms with Crippen molar-refractivity contribution >= 4 is 5.91 Å². The third-order valence-corrected chi connectivity index (χ3v) is 1.30. The summed E-state index contributed by atoms with van der Waals surface area (Å²) >= 11 is 0. The normalized spacial score (nSPS) is 37.5. The van der Waals surface area contributed by atoms with Crippen LogP contribution in [-0.4, -0.2) is 11.6 Å². The van der Waals surface area contributed by atoms with E-state index >= 15 is 0 Å². The van der Waals surface area contributed by atoms with Crippen LogP contribution in [0, 0.1) is 0 Å². The molecule has 3 N–H and O–H groups in total. The lowest BCUT2D eigenvalue weighted by atomic mass is 10.2. The van der Waals surface area contributed by atoms with Gasteiger partial charge in [0.2, 0.25) is 5.91 Å². The Morgan fingerprint density at radius 2 is 2.50 bits per heavy atom. The van der Waals surface area contributed by atoms with E-state index in [2.05, 4.69) is 5.32 Å². The van der Waals surface area contributed by atoms with Crippen LogP contribution in [0.15, 0.2) is 0 Å². The van der Waals surface area contributed by atoms with E-state index in [4.69, 9.17) is 5.73 Å². The van der Waals surface area contributed by atoms with Crippen LogP contribution in [0.25, 0.3) is 0 Å². The number of amides is 1. The maximum atomic E-state index is 10.5. The van der Waals surface area contributed by atoms with Crippen LogP contribution in [0.2, 0.25) is 0 Å². The number of hydrogen-bond acceptors (Lipinski definition) is 2. The Labute approximate surface area is 48.2 Å². The third kappa shape index (κ3) is 0.980. The van der Waals surface area contributed by atoms with Crippen molar-refractivity contribution in [1.29, 1.82) is 0 Å². The summed E-state index contributed by atoms with van der Waals surface area (Å²) in [6.45, 7) is 1.82. The first kappa shape index (κ1) is 5.56. The smallest absolute Gasteiger partial charge is 0.221 e. The minimum atomic E-state index is -0.433. The second-order valence-corrected chi connectivity index (χ2v) is 2.47. The molecule has 0 aromatic rings. The molecular weight excluding hydrogens is 104 g/mol. The van der Waals surface area contributed by atoms with Gasteiger partial charge in [0.1, 0.15) is 0 Å². The molecule has 0 unspecified atom stereocenters. The van der Waals surface area contributed by atoms with Crippen LogP contribution >= 0.6 is 0 Å². The van der Waals surface area contributed by atoms with E-state index in [-0.39, 0.29) is 5.91 Å². The molecule has 1 saturated heterocycles. The lowest BCUT2D eigenvalue weighted by molar-refractivity contribution is -0.119. The van der Waals surface area contributed by atoms with Crippen molar-refractivity contribution in [2.45, 2.75) is 25.4 Å². The van der Waals surface area contributed by atoms with Crippen molar-refractivity contribution in [3.63, 3.8) is 0 Å². The summed E-state index contributed by atoms with van der Waals surface area (Å²) in [4.78, 5) is 10.5. The van der Waals surface area contributed by atoms with Gasteiger partial charge in [0.15, 0.2) is 0 Å². The minimum absolute atomic E-state index is 0.0648. The fourth-order valence-corrected chi connectivity index (χ4v) is 0.817. The van der Waals surface area contributed by atoms with E-state index in [1.54, 1.807) is 0 Å². The summed E-state index contributed by atoms with van der Waals surface area (Å²) in [5, 5.41) is 2.63. The minimum Gasteiger partial charge on any atom is -0.339 e. The van der Waals surface area contributed by atoms with E-state index in [0.717, 1.165) is 6.42 Å². The van der Waals surface area contributed by atoms with E-state index in [1.165, 1.54) is 0 Å². The first-order valence-corrected chi connectivity index (χ1v) is 2.70. The molecule has 0 radical (unpaired) electrons. The van der Waals surface area contributed by atoms with Crippen molar-refractivity contribution in [3.8, 4) is 0 Å². The molecule has 8 heavy (non-hydrogen) atoms. The standard InChI is InChI=1S/C5H10N2O/c1-5(6)3-2-4(8)7-5/h2-3,6H2,1H3,(H,7,8)/t5-/m1/s1. The lowest BCUT2D eigenvalue weighted by Gasteiger charge is -2.15.